The molecule has 0 amide bonds. The zero-order chi connectivity index (χ0) is 4.71. The van der Waals surface area contributed by atoms with E-state index in [-0.39, 0.29) is 8.41 Å². The lowest BCUT2D eigenvalue weighted by molar-refractivity contribution is 1.09. The van der Waals surface area contributed by atoms with Crippen LogP contribution >= 0.6 is 0 Å². The summed E-state index contributed by atoms with van der Waals surface area (Å²) in [4.78, 5) is 0. The van der Waals surface area contributed by atoms with Crippen molar-refractivity contribution in [3.8, 4) is 0 Å². The summed E-state index contributed by atoms with van der Waals surface area (Å²) in [5.41, 5.74) is 0. The van der Waals surface area contributed by atoms with Gasteiger partial charge in [0.2, 0.25) is 0 Å². The number of hydrogen-bond acceptors (Lipinski definition) is 0. The molecule has 0 saturated carbocycles. The Kier molecular flexibility index (Phi) is 204. The smallest absolute Gasteiger partial charge is 0 e. The van der Waals surface area contributed by atoms with Crippen LogP contribution in [0.3, 0.4) is 0 Å². The lowest BCUT2D eigenvalue weighted by Gasteiger charge is -1.48. The molecule has 0 aliphatic rings. The van der Waals surface area contributed by atoms with Crippen LogP contribution < -0.4 is 0 Å². The van der Waals surface area contributed by atoms with Crippen molar-refractivity contribution in [2.45, 2.75) is 34.1 Å². The maximum atomic E-state index is 2.12. The van der Waals surface area contributed by atoms with Gasteiger partial charge in [-0.25, -0.2) is 0 Å². The fourth-order valence-electron chi connectivity index (χ4n) is 0. The van der Waals surface area contributed by atoms with Gasteiger partial charge in [0, 0.05) is 8.41 Å². The molecule has 0 aliphatic heterocycles. The summed E-state index contributed by atoms with van der Waals surface area (Å²) in [5, 5.41) is 0. The first-order valence-corrected chi connectivity index (χ1v) is 2.41. The van der Waals surface area contributed by atoms with Crippen LogP contribution in [0.1, 0.15) is 34.1 Å². The first-order valence-electron chi connectivity index (χ1n) is 2.41. The zero-order valence-corrected chi connectivity index (χ0v) is 5.28. The SMILES string of the molecule is CC.CCC.[B]. The Labute approximate surface area is 43.5 Å². The summed E-state index contributed by atoms with van der Waals surface area (Å²) in [6.07, 6.45) is 1.25. The van der Waals surface area contributed by atoms with E-state index >= 15 is 0 Å². The molecule has 0 fully saturated rings. The van der Waals surface area contributed by atoms with E-state index in [4.69, 9.17) is 0 Å². The molecule has 37 valence electrons. The highest BCUT2D eigenvalue weighted by Gasteiger charge is 1.35. The van der Waals surface area contributed by atoms with Crippen molar-refractivity contribution in [2.75, 3.05) is 0 Å². The summed E-state index contributed by atoms with van der Waals surface area (Å²) in [5.74, 6) is 0. The molecule has 0 aliphatic carbocycles. The van der Waals surface area contributed by atoms with E-state index in [1.165, 1.54) is 6.42 Å². The molecule has 0 unspecified atom stereocenters. The monoisotopic (exact) mass is 85.1 g/mol. The fourth-order valence-corrected chi connectivity index (χ4v) is 0. The lowest BCUT2D eigenvalue weighted by Crippen LogP contribution is -1.27. The van der Waals surface area contributed by atoms with Crippen LogP contribution in [0.2, 0.25) is 0 Å². The van der Waals surface area contributed by atoms with E-state index in [0.29, 0.717) is 0 Å². The summed E-state index contributed by atoms with van der Waals surface area (Å²) in [7, 11) is 0. The Morgan fingerprint density at radius 3 is 1.00 bits per heavy atom. The summed E-state index contributed by atoms with van der Waals surface area (Å²) < 4.78 is 0. The highest BCUT2D eigenvalue weighted by Crippen LogP contribution is 1.56. The van der Waals surface area contributed by atoms with Crippen molar-refractivity contribution in [3.05, 3.63) is 0 Å². The van der Waals surface area contributed by atoms with Gasteiger partial charge >= 0.3 is 0 Å². The first-order chi connectivity index (χ1) is 2.41. The Hall–Kier alpha value is 0.0649. The van der Waals surface area contributed by atoms with Crippen LogP contribution in [0, 0.1) is 0 Å². The van der Waals surface area contributed by atoms with Gasteiger partial charge < -0.3 is 0 Å². The molecule has 0 spiro atoms. The molecule has 0 rings (SSSR count). The van der Waals surface area contributed by atoms with Gasteiger partial charge in [-0.1, -0.05) is 34.1 Å². The molecule has 0 heterocycles. The van der Waals surface area contributed by atoms with Gasteiger partial charge in [-0.15, -0.1) is 0 Å². The normalized spacial score (nSPS) is 4.00. The van der Waals surface area contributed by atoms with E-state index in [0.717, 1.165) is 0 Å². The van der Waals surface area contributed by atoms with Gasteiger partial charge in [-0.2, -0.15) is 0 Å². The molecule has 0 nitrogen and oxygen atoms in total. The molecule has 0 aromatic heterocycles. The van der Waals surface area contributed by atoms with Gasteiger partial charge in [-0.05, 0) is 0 Å². The van der Waals surface area contributed by atoms with E-state index in [1.54, 1.807) is 0 Å². The molecule has 0 aromatic rings. The van der Waals surface area contributed by atoms with Crippen LogP contribution in [0.15, 0.2) is 0 Å². The third-order valence-electron chi connectivity index (χ3n) is 0. The summed E-state index contributed by atoms with van der Waals surface area (Å²) >= 11 is 0. The Bertz CT molecular complexity index is 3.90. The standard InChI is InChI=1S/C3H8.C2H6.B/c1-3-2;1-2;/h3H2,1-2H3;1-2H3;. The second-order valence-corrected chi connectivity index (χ2v) is 0.707. The number of hydrogen-bond donors (Lipinski definition) is 0. The first kappa shape index (κ1) is 16.6. The Morgan fingerprint density at radius 2 is 1.00 bits per heavy atom. The van der Waals surface area contributed by atoms with E-state index in [9.17, 15) is 0 Å². The Balaban J connectivity index is -0.0000000275. The molecular formula is C5H14B. The van der Waals surface area contributed by atoms with Gasteiger partial charge in [0.15, 0.2) is 0 Å². The second-order valence-electron chi connectivity index (χ2n) is 0.707. The van der Waals surface area contributed by atoms with Crippen molar-refractivity contribution in [1.82, 2.24) is 0 Å². The highest BCUT2D eigenvalue weighted by molar-refractivity contribution is 5.75. The van der Waals surface area contributed by atoms with Gasteiger partial charge in [0.05, 0.1) is 0 Å². The van der Waals surface area contributed by atoms with E-state index < -0.39 is 0 Å². The van der Waals surface area contributed by atoms with Crippen LogP contribution in [0.4, 0.5) is 0 Å². The molecule has 1 heteroatoms. The van der Waals surface area contributed by atoms with Crippen molar-refractivity contribution in [2.24, 2.45) is 0 Å². The predicted molar refractivity (Wildman–Crippen MR) is 33.1 cm³/mol. The van der Waals surface area contributed by atoms with Gasteiger partial charge in [-0.3, -0.25) is 0 Å². The predicted octanol–water partition coefficient (Wildman–Crippen LogP) is 2.06. The minimum Gasteiger partial charge on any atom is -0.0683 e. The van der Waals surface area contributed by atoms with Crippen molar-refractivity contribution in [3.63, 3.8) is 0 Å². The highest BCUT2D eigenvalue weighted by atomic mass is 13.4. The van der Waals surface area contributed by atoms with Gasteiger partial charge in [0.1, 0.15) is 0 Å². The van der Waals surface area contributed by atoms with Crippen molar-refractivity contribution in [1.29, 1.82) is 0 Å². The minimum atomic E-state index is 0. The fraction of sp³-hybridized carbons (Fsp3) is 1.00. The quantitative estimate of drug-likeness (QED) is 0.395. The second kappa shape index (κ2) is 73.8. The zero-order valence-electron chi connectivity index (χ0n) is 5.28. The third kappa shape index (κ3) is 9060. The summed E-state index contributed by atoms with van der Waals surface area (Å²) in [6, 6.07) is 0. The molecule has 0 N–H and O–H groups in total. The average Bonchev–Trinajstić information content (AvgIpc) is 1.46. The average molecular weight is 85.0 g/mol. The summed E-state index contributed by atoms with van der Waals surface area (Å²) in [6.45, 7) is 8.25. The van der Waals surface area contributed by atoms with Crippen LogP contribution in [-0.2, 0) is 0 Å². The van der Waals surface area contributed by atoms with E-state index in [2.05, 4.69) is 13.8 Å². The van der Waals surface area contributed by atoms with Crippen LogP contribution in [0.5, 0.6) is 0 Å². The molecular weight excluding hydrogens is 70.9 g/mol. The molecule has 0 aromatic carbocycles. The maximum absolute atomic E-state index is 2.12. The molecule has 0 bridgehead atoms. The molecule has 0 atom stereocenters. The maximum Gasteiger partial charge on any atom is 0 e. The van der Waals surface area contributed by atoms with Crippen LogP contribution in [0.25, 0.3) is 0 Å². The third-order valence-corrected chi connectivity index (χ3v) is 0. The Morgan fingerprint density at radius 1 is 1.00 bits per heavy atom. The van der Waals surface area contributed by atoms with E-state index in [1.807, 2.05) is 13.8 Å². The topological polar surface area (TPSA) is 0 Å². The van der Waals surface area contributed by atoms with Crippen molar-refractivity contribution >= 4 is 8.41 Å². The van der Waals surface area contributed by atoms with Crippen LogP contribution in [-0.4, -0.2) is 8.41 Å². The van der Waals surface area contributed by atoms with Gasteiger partial charge in [0.25, 0.3) is 0 Å². The largest absolute Gasteiger partial charge is 0.0683 e. The van der Waals surface area contributed by atoms with Crippen molar-refractivity contribution < 1.29 is 0 Å². The molecule has 6 heavy (non-hydrogen) atoms. The molecule has 0 saturated heterocycles. The minimum absolute atomic E-state index is 0. The molecule has 3 radical (unpaired) electrons. The number of rotatable bonds is 0. The lowest BCUT2D eigenvalue weighted by atomic mass is 10.6.